The Morgan fingerprint density at radius 1 is 1.50 bits per heavy atom. The van der Waals surface area contributed by atoms with Gasteiger partial charge in [0.25, 0.3) is 5.89 Å². The molecule has 0 bridgehead atoms. The van der Waals surface area contributed by atoms with E-state index in [1.807, 2.05) is 6.92 Å². The van der Waals surface area contributed by atoms with E-state index in [0.29, 0.717) is 11.7 Å². The lowest BCUT2D eigenvalue weighted by Gasteiger charge is -1.99. The fourth-order valence-electron chi connectivity index (χ4n) is 1.46. The first-order chi connectivity index (χ1) is 7.72. The molecule has 0 N–H and O–H groups in total. The second-order valence-electron chi connectivity index (χ2n) is 3.60. The number of rotatable bonds is 4. The minimum Gasteiger partial charge on any atom is -0.469 e. The van der Waals surface area contributed by atoms with Gasteiger partial charge in [-0.2, -0.15) is 4.98 Å². The van der Waals surface area contributed by atoms with Crippen LogP contribution in [0.4, 0.5) is 0 Å². The van der Waals surface area contributed by atoms with Crippen LogP contribution in [0, 0.1) is 6.92 Å². The van der Waals surface area contributed by atoms with Crippen LogP contribution in [0.1, 0.15) is 36.7 Å². The standard InChI is InChI=1S/C11H13ClN2O2/c1-3-4-9(12)10-13-11(16-14-10)8-5-6-15-7(8)2/h5-6,9H,3-4H2,1-2H3. The van der Waals surface area contributed by atoms with E-state index in [1.54, 1.807) is 12.3 Å². The predicted molar refractivity (Wildman–Crippen MR) is 60.2 cm³/mol. The van der Waals surface area contributed by atoms with E-state index in [-0.39, 0.29) is 5.38 Å². The summed E-state index contributed by atoms with van der Waals surface area (Å²) in [5.41, 5.74) is 0.819. The zero-order valence-electron chi connectivity index (χ0n) is 9.24. The van der Waals surface area contributed by atoms with Gasteiger partial charge in [-0.05, 0) is 19.4 Å². The summed E-state index contributed by atoms with van der Waals surface area (Å²) < 4.78 is 10.3. The molecule has 1 unspecified atom stereocenters. The Morgan fingerprint density at radius 2 is 2.31 bits per heavy atom. The van der Waals surface area contributed by atoms with E-state index in [0.717, 1.165) is 24.2 Å². The fourth-order valence-corrected chi connectivity index (χ4v) is 1.77. The second kappa shape index (κ2) is 4.70. The molecule has 0 aliphatic rings. The highest BCUT2D eigenvalue weighted by atomic mass is 35.5. The van der Waals surface area contributed by atoms with E-state index in [2.05, 4.69) is 17.1 Å². The number of nitrogens with zero attached hydrogens (tertiary/aromatic N) is 2. The highest BCUT2D eigenvalue weighted by molar-refractivity contribution is 6.20. The van der Waals surface area contributed by atoms with Gasteiger partial charge in [0.2, 0.25) is 0 Å². The number of aryl methyl sites for hydroxylation is 1. The first-order valence-corrected chi connectivity index (χ1v) is 5.68. The Kier molecular flexibility index (Phi) is 3.29. The maximum absolute atomic E-state index is 6.11. The predicted octanol–water partition coefficient (Wildman–Crippen LogP) is 3.72. The van der Waals surface area contributed by atoms with Crippen LogP contribution in [0.5, 0.6) is 0 Å². The molecule has 0 aliphatic heterocycles. The van der Waals surface area contributed by atoms with Crippen molar-refractivity contribution < 1.29 is 8.94 Å². The molecule has 0 saturated heterocycles. The molecule has 0 spiro atoms. The van der Waals surface area contributed by atoms with Crippen molar-refractivity contribution in [3.8, 4) is 11.5 Å². The molecule has 86 valence electrons. The monoisotopic (exact) mass is 240 g/mol. The molecule has 0 aliphatic carbocycles. The summed E-state index contributed by atoms with van der Waals surface area (Å²) in [5, 5.41) is 3.69. The summed E-state index contributed by atoms with van der Waals surface area (Å²) >= 11 is 6.11. The van der Waals surface area contributed by atoms with E-state index >= 15 is 0 Å². The molecule has 2 aromatic heterocycles. The van der Waals surface area contributed by atoms with E-state index < -0.39 is 0 Å². The fraction of sp³-hybridized carbons (Fsp3) is 0.455. The van der Waals surface area contributed by atoms with Gasteiger partial charge in [-0.15, -0.1) is 11.6 Å². The maximum Gasteiger partial charge on any atom is 0.261 e. The Hall–Kier alpha value is -1.29. The van der Waals surface area contributed by atoms with Crippen molar-refractivity contribution >= 4 is 11.6 Å². The first kappa shape index (κ1) is 11.2. The zero-order valence-corrected chi connectivity index (χ0v) is 9.99. The molecular weight excluding hydrogens is 228 g/mol. The molecule has 0 aromatic carbocycles. The van der Waals surface area contributed by atoms with Crippen molar-refractivity contribution in [1.82, 2.24) is 10.1 Å². The highest BCUT2D eigenvalue weighted by Crippen LogP contribution is 2.27. The summed E-state index contributed by atoms with van der Waals surface area (Å²) in [5.74, 6) is 1.76. The third kappa shape index (κ3) is 2.11. The third-order valence-corrected chi connectivity index (χ3v) is 2.77. The van der Waals surface area contributed by atoms with E-state index in [9.17, 15) is 0 Å². The molecule has 2 heterocycles. The van der Waals surface area contributed by atoms with Crippen molar-refractivity contribution in [1.29, 1.82) is 0 Å². The first-order valence-electron chi connectivity index (χ1n) is 5.24. The van der Waals surface area contributed by atoms with Crippen molar-refractivity contribution in [3.05, 3.63) is 23.9 Å². The van der Waals surface area contributed by atoms with Gasteiger partial charge in [-0.25, -0.2) is 0 Å². The van der Waals surface area contributed by atoms with Crippen LogP contribution in [-0.2, 0) is 0 Å². The number of aromatic nitrogens is 2. The lowest BCUT2D eigenvalue weighted by Crippen LogP contribution is -1.92. The van der Waals surface area contributed by atoms with Crippen LogP contribution < -0.4 is 0 Å². The molecule has 0 fully saturated rings. The van der Waals surface area contributed by atoms with Crippen LogP contribution >= 0.6 is 11.6 Å². The average Bonchev–Trinajstić information content (AvgIpc) is 2.86. The average molecular weight is 241 g/mol. The molecular formula is C11H13ClN2O2. The maximum atomic E-state index is 6.11. The van der Waals surface area contributed by atoms with Gasteiger partial charge in [-0.3, -0.25) is 0 Å². The van der Waals surface area contributed by atoms with E-state index in [4.69, 9.17) is 20.5 Å². The summed E-state index contributed by atoms with van der Waals surface area (Å²) in [4.78, 5) is 4.26. The van der Waals surface area contributed by atoms with Gasteiger partial charge < -0.3 is 8.94 Å². The van der Waals surface area contributed by atoms with Crippen molar-refractivity contribution in [2.75, 3.05) is 0 Å². The minimum absolute atomic E-state index is 0.185. The lowest BCUT2D eigenvalue weighted by atomic mass is 10.2. The number of halogens is 1. The smallest absolute Gasteiger partial charge is 0.261 e. The number of furan rings is 1. The van der Waals surface area contributed by atoms with Gasteiger partial charge in [0, 0.05) is 0 Å². The molecule has 5 heteroatoms. The Morgan fingerprint density at radius 3 is 2.94 bits per heavy atom. The molecule has 1 atom stereocenters. The van der Waals surface area contributed by atoms with Gasteiger partial charge in [0.05, 0.1) is 17.2 Å². The Bertz CT molecular complexity index is 464. The summed E-state index contributed by atoms with van der Waals surface area (Å²) in [6, 6.07) is 1.80. The van der Waals surface area contributed by atoms with Gasteiger partial charge in [-0.1, -0.05) is 18.5 Å². The van der Waals surface area contributed by atoms with Crippen molar-refractivity contribution in [2.45, 2.75) is 32.1 Å². The Labute approximate surface area is 98.6 Å². The minimum atomic E-state index is -0.185. The van der Waals surface area contributed by atoms with E-state index in [1.165, 1.54) is 0 Å². The molecule has 0 radical (unpaired) electrons. The topological polar surface area (TPSA) is 52.1 Å². The van der Waals surface area contributed by atoms with Crippen LogP contribution in [0.25, 0.3) is 11.5 Å². The zero-order chi connectivity index (χ0) is 11.5. The normalized spacial score (nSPS) is 12.9. The third-order valence-electron chi connectivity index (χ3n) is 2.35. The summed E-state index contributed by atoms with van der Waals surface area (Å²) in [6.45, 7) is 3.92. The quantitative estimate of drug-likeness (QED) is 0.765. The molecule has 2 aromatic rings. The number of alkyl halides is 1. The van der Waals surface area contributed by atoms with Gasteiger partial charge in [0.1, 0.15) is 5.76 Å². The molecule has 16 heavy (non-hydrogen) atoms. The Balaban J connectivity index is 2.23. The largest absolute Gasteiger partial charge is 0.469 e. The molecule has 2 rings (SSSR count). The molecule has 4 nitrogen and oxygen atoms in total. The lowest BCUT2D eigenvalue weighted by molar-refractivity contribution is 0.419. The number of hydrogen-bond donors (Lipinski definition) is 0. The van der Waals surface area contributed by atoms with Crippen LogP contribution in [0.15, 0.2) is 21.3 Å². The summed E-state index contributed by atoms with van der Waals surface area (Å²) in [6.07, 6.45) is 3.42. The number of hydrogen-bond acceptors (Lipinski definition) is 4. The van der Waals surface area contributed by atoms with Crippen LogP contribution in [0.2, 0.25) is 0 Å². The van der Waals surface area contributed by atoms with Crippen LogP contribution in [-0.4, -0.2) is 10.1 Å². The van der Waals surface area contributed by atoms with Gasteiger partial charge >= 0.3 is 0 Å². The van der Waals surface area contributed by atoms with Crippen molar-refractivity contribution in [3.63, 3.8) is 0 Å². The SMILES string of the molecule is CCCC(Cl)c1noc(-c2ccoc2C)n1. The highest BCUT2D eigenvalue weighted by Gasteiger charge is 2.17. The molecule has 0 saturated carbocycles. The summed E-state index contributed by atoms with van der Waals surface area (Å²) in [7, 11) is 0. The van der Waals surface area contributed by atoms with Crippen molar-refractivity contribution in [2.24, 2.45) is 0 Å². The van der Waals surface area contributed by atoms with Crippen LogP contribution in [0.3, 0.4) is 0 Å². The van der Waals surface area contributed by atoms with Gasteiger partial charge in [0.15, 0.2) is 5.82 Å². The molecule has 0 amide bonds. The second-order valence-corrected chi connectivity index (χ2v) is 4.13.